The summed E-state index contributed by atoms with van der Waals surface area (Å²) in [5, 5.41) is 14.0. The SMILES string of the molecule is CCN(CC)CCCCNc1ncnc(OC)c1[N+](=O)[O-]. The molecule has 8 heteroatoms. The molecule has 21 heavy (non-hydrogen) atoms. The zero-order valence-electron chi connectivity index (χ0n) is 12.8. The lowest BCUT2D eigenvalue weighted by Gasteiger charge is -2.17. The molecule has 1 aromatic heterocycles. The van der Waals surface area contributed by atoms with Crippen molar-refractivity contribution >= 4 is 11.5 Å². The Bertz CT molecular complexity index is 451. The van der Waals surface area contributed by atoms with E-state index in [2.05, 4.69) is 34.0 Å². The molecule has 1 aromatic rings. The molecule has 0 atom stereocenters. The maximum absolute atomic E-state index is 11.1. The third-order valence-electron chi connectivity index (χ3n) is 3.25. The van der Waals surface area contributed by atoms with E-state index in [9.17, 15) is 10.1 Å². The van der Waals surface area contributed by atoms with Crippen LogP contribution in [-0.4, -0.2) is 53.1 Å². The number of nitrogens with zero attached hydrogens (tertiary/aromatic N) is 4. The minimum absolute atomic E-state index is 0.0272. The summed E-state index contributed by atoms with van der Waals surface area (Å²) in [6, 6.07) is 0. The minimum Gasteiger partial charge on any atom is -0.476 e. The fraction of sp³-hybridized carbons (Fsp3) is 0.692. The van der Waals surface area contributed by atoms with Crippen molar-refractivity contribution in [1.29, 1.82) is 0 Å². The molecular weight excluding hydrogens is 274 g/mol. The van der Waals surface area contributed by atoms with Crippen LogP contribution >= 0.6 is 0 Å². The minimum atomic E-state index is -0.531. The molecule has 0 aliphatic rings. The Kier molecular flexibility index (Phi) is 7.38. The van der Waals surface area contributed by atoms with E-state index in [1.165, 1.54) is 13.4 Å². The number of nitro groups is 1. The van der Waals surface area contributed by atoms with Crippen molar-refractivity contribution in [3.63, 3.8) is 0 Å². The molecule has 0 bridgehead atoms. The zero-order valence-corrected chi connectivity index (χ0v) is 12.8. The van der Waals surface area contributed by atoms with Crippen LogP contribution < -0.4 is 10.1 Å². The van der Waals surface area contributed by atoms with Crippen LogP contribution in [0.25, 0.3) is 0 Å². The highest BCUT2D eigenvalue weighted by molar-refractivity contribution is 5.60. The van der Waals surface area contributed by atoms with Crippen LogP contribution in [0.4, 0.5) is 11.5 Å². The lowest BCUT2D eigenvalue weighted by molar-refractivity contribution is -0.385. The van der Waals surface area contributed by atoms with E-state index in [1.54, 1.807) is 0 Å². The first-order chi connectivity index (χ1) is 10.1. The van der Waals surface area contributed by atoms with Gasteiger partial charge in [-0.1, -0.05) is 13.8 Å². The van der Waals surface area contributed by atoms with Crippen molar-refractivity contribution < 1.29 is 9.66 Å². The van der Waals surface area contributed by atoms with Crippen LogP contribution in [0.5, 0.6) is 5.88 Å². The molecule has 118 valence electrons. The molecule has 1 heterocycles. The summed E-state index contributed by atoms with van der Waals surface area (Å²) < 4.78 is 4.90. The van der Waals surface area contributed by atoms with Crippen molar-refractivity contribution in [2.24, 2.45) is 0 Å². The summed E-state index contributed by atoms with van der Waals surface area (Å²) >= 11 is 0. The van der Waals surface area contributed by atoms with Gasteiger partial charge in [0, 0.05) is 6.54 Å². The van der Waals surface area contributed by atoms with Gasteiger partial charge in [0.05, 0.1) is 12.0 Å². The lowest BCUT2D eigenvalue weighted by atomic mass is 10.3. The highest BCUT2D eigenvalue weighted by atomic mass is 16.6. The van der Waals surface area contributed by atoms with Crippen molar-refractivity contribution in [2.45, 2.75) is 26.7 Å². The van der Waals surface area contributed by atoms with Gasteiger partial charge in [-0.05, 0) is 32.5 Å². The molecule has 0 spiro atoms. The molecule has 0 amide bonds. The largest absolute Gasteiger partial charge is 0.476 e. The fourth-order valence-corrected chi connectivity index (χ4v) is 2.01. The number of ether oxygens (including phenoxy) is 1. The first-order valence-corrected chi connectivity index (χ1v) is 7.13. The van der Waals surface area contributed by atoms with E-state index in [0.717, 1.165) is 32.5 Å². The van der Waals surface area contributed by atoms with Gasteiger partial charge in [0.2, 0.25) is 5.82 Å². The van der Waals surface area contributed by atoms with E-state index < -0.39 is 4.92 Å². The van der Waals surface area contributed by atoms with Crippen LogP contribution in [0.3, 0.4) is 0 Å². The normalized spacial score (nSPS) is 10.7. The molecule has 8 nitrogen and oxygen atoms in total. The number of hydrogen-bond acceptors (Lipinski definition) is 7. The molecule has 0 aliphatic carbocycles. The van der Waals surface area contributed by atoms with E-state index >= 15 is 0 Å². The predicted molar refractivity (Wildman–Crippen MR) is 80.8 cm³/mol. The molecule has 0 aliphatic heterocycles. The fourth-order valence-electron chi connectivity index (χ4n) is 2.01. The first-order valence-electron chi connectivity index (χ1n) is 7.13. The quantitative estimate of drug-likeness (QED) is 0.400. The maximum Gasteiger partial charge on any atom is 0.372 e. The monoisotopic (exact) mass is 297 g/mol. The van der Waals surface area contributed by atoms with Crippen molar-refractivity contribution in [1.82, 2.24) is 14.9 Å². The van der Waals surface area contributed by atoms with E-state index in [0.29, 0.717) is 6.54 Å². The summed E-state index contributed by atoms with van der Waals surface area (Å²) in [7, 11) is 1.35. The number of rotatable bonds is 10. The van der Waals surface area contributed by atoms with Crippen molar-refractivity contribution in [2.75, 3.05) is 38.6 Å². The Morgan fingerprint density at radius 1 is 1.33 bits per heavy atom. The maximum atomic E-state index is 11.1. The van der Waals surface area contributed by atoms with Crippen LogP contribution in [-0.2, 0) is 0 Å². The molecule has 1 N–H and O–H groups in total. The molecule has 0 aromatic carbocycles. The Morgan fingerprint density at radius 3 is 2.62 bits per heavy atom. The van der Waals surface area contributed by atoms with E-state index in [1.807, 2.05) is 0 Å². The number of unbranched alkanes of at least 4 members (excludes halogenated alkanes) is 1. The van der Waals surface area contributed by atoms with Gasteiger partial charge < -0.3 is 15.0 Å². The van der Waals surface area contributed by atoms with E-state index in [4.69, 9.17) is 4.74 Å². The van der Waals surface area contributed by atoms with Gasteiger partial charge in [-0.3, -0.25) is 10.1 Å². The third-order valence-corrected chi connectivity index (χ3v) is 3.25. The number of nitrogens with one attached hydrogen (secondary N) is 1. The lowest BCUT2D eigenvalue weighted by Crippen LogP contribution is -2.24. The summed E-state index contributed by atoms with van der Waals surface area (Å²) in [4.78, 5) is 20.5. The summed E-state index contributed by atoms with van der Waals surface area (Å²) in [6.07, 6.45) is 3.20. The Hall–Kier alpha value is -1.96. The molecule has 1 rings (SSSR count). The summed E-state index contributed by atoms with van der Waals surface area (Å²) in [6.45, 7) is 8.01. The topological polar surface area (TPSA) is 93.4 Å². The second-order valence-corrected chi connectivity index (χ2v) is 4.50. The van der Waals surface area contributed by atoms with Gasteiger partial charge >= 0.3 is 5.69 Å². The smallest absolute Gasteiger partial charge is 0.372 e. The van der Waals surface area contributed by atoms with Crippen LogP contribution in [0.2, 0.25) is 0 Å². The molecule has 0 radical (unpaired) electrons. The number of aromatic nitrogens is 2. The highest BCUT2D eigenvalue weighted by Gasteiger charge is 2.23. The molecule has 0 saturated heterocycles. The summed E-state index contributed by atoms with van der Waals surface area (Å²) in [5.41, 5.74) is -0.219. The van der Waals surface area contributed by atoms with Gasteiger partial charge in [-0.2, -0.15) is 4.98 Å². The molecule has 0 unspecified atom stereocenters. The van der Waals surface area contributed by atoms with Gasteiger partial charge in [-0.25, -0.2) is 4.98 Å². The van der Waals surface area contributed by atoms with Gasteiger partial charge in [0.25, 0.3) is 5.88 Å². The van der Waals surface area contributed by atoms with Crippen LogP contribution in [0.1, 0.15) is 26.7 Å². The highest BCUT2D eigenvalue weighted by Crippen LogP contribution is 2.30. The predicted octanol–water partition coefficient (Wildman–Crippen LogP) is 1.93. The first kappa shape index (κ1) is 17.1. The number of anilines is 1. The Balaban J connectivity index is 2.50. The average Bonchev–Trinajstić information content (AvgIpc) is 2.50. The summed E-state index contributed by atoms with van der Waals surface area (Å²) in [5.74, 6) is 0.176. The van der Waals surface area contributed by atoms with E-state index in [-0.39, 0.29) is 17.4 Å². The van der Waals surface area contributed by atoms with Crippen LogP contribution in [0, 0.1) is 10.1 Å². The van der Waals surface area contributed by atoms with Gasteiger partial charge in [-0.15, -0.1) is 0 Å². The van der Waals surface area contributed by atoms with Crippen molar-refractivity contribution in [3.8, 4) is 5.88 Å². The number of hydrogen-bond donors (Lipinski definition) is 1. The van der Waals surface area contributed by atoms with Gasteiger partial charge in [0.15, 0.2) is 0 Å². The van der Waals surface area contributed by atoms with Crippen LogP contribution in [0.15, 0.2) is 6.33 Å². The van der Waals surface area contributed by atoms with Crippen molar-refractivity contribution in [3.05, 3.63) is 16.4 Å². The molecular formula is C13H23N5O3. The molecule has 0 fully saturated rings. The zero-order chi connectivity index (χ0) is 15.7. The third kappa shape index (κ3) is 5.14. The molecule has 0 saturated carbocycles. The Morgan fingerprint density at radius 2 is 2.05 bits per heavy atom. The van der Waals surface area contributed by atoms with Gasteiger partial charge in [0.1, 0.15) is 6.33 Å². The second kappa shape index (κ2) is 9.06. The average molecular weight is 297 g/mol. The Labute approximate surface area is 124 Å². The second-order valence-electron chi connectivity index (χ2n) is 4.50. The standard InChI is InChI=1S/C13H23N5O3/c1-4-17(5-2)9-7-6-8-14-12-11(18(19)20)13(21-3)16-10-15-12/h10H,4-9H2,1-3H3,(H,14,15,16). The number of methoxy groups -OCH3 is 1.